The van der Waals surface area contributed by atoms with E-state index in [0.717, 1.165) is 11.1 Å². The molecule has 0 spiro atoms. The second kappa shape index (κ2) is 8.55. The molecule has 7 heteroatoms. The molecule has 0 N–H and O–H groups in total. The minimum absolute atomic E-state index is 0.120. The van der Waals surface area contributed by atoms with Crippen molar-refractivity contribution in [1.82, 2.24) is 9.21 Å². The first-order valence-corrected chi connectivity index (χ1v) is 11.3. The predicted molar refractivity (Wildman–Crippen MR) is 112 cm³/mol. The summed E-state index contributed by atoms with van der Waals surface area (Å²) in [5, 5.41) is 0. The first kappa shape index (κ1) is 21.3. The van der Waals surface area contributed by atoms with E-state index in [1.165, 1.54) is 4.31 Å². The van der Waals surface area contributed by atoms with Crippen LogP contribution in [0.15, 0.2) is 53.4 Å². The lowest BCUT2D eigenvalue weighted by atomic mass is 9.97. The van der Waals surface area contributed by atoms with E-state index in [1.54, 1.807) is 30.1 Å². The van der Waals surface area contributed by atoms with E-state index in [9.17, 15) is 13.2 Å². The zero-order chi connectivity index (χ0) is 21.2. The molecule has 2 aromatic carbocycles. The number of hydrogen-bond donors (Lipinski definition) is 0. The van der Waals surface area contributed by atoms with E-state index in [0.29, 0.717) is 25.4 Å². The number of nitrogens with zero attached hydrogens (tertiary/aromatic N) is 2. The van der Waals surface area contributed by atoms with Crippen LogP contribution >= 0.6 is 0 Å². The van der Waals surface area contributed by atoms with Crippen LogP contribution < -0.4 is 4.74 Å². The quantitative estimate of drug-likeness (QED) is 0.695. The summed E-state index contributed by atoms with van der Waals surface area (Å²) in [6.07, 6.45) is -0.662. The number of fused-ring (bicyclic) bond motifs is 1. The zero-order valence-electron chi connectivity index (χ0n) is 17.3. The van der Waals surface area contributed by atoms with E-state index >= 15 is 0 Å². The summed E-state index contributed by atoms with van der Waals surface area (Å²) in [6.45, 7) is 6.85. The van der Waals surface area contributed by atoms with Crippen LogP contribution in [-0.4, -0.2) is 49.8 Å². The molecule has 0 saturated carbocycles. The standard InChI is InChI=1S/C22H28N2O4S/c1-5-24(6-2)29(26,27)18-12-13-20-19(14-18)16(3)21(28-20)22(25)23(4)15-17-10-8-7-9-11-17/h7-14,16,21H,5-6,15H2,1-4H3. The Kier molecular flexibility index (Phi) is 6.29. The number of hydrogen-bond acceptors (Lipinski definition) is 4. The number of likely N-dealkylation sites (N-methyl/N-ethyl adjacent to an activating group) is 1. The Balaban J connectivity index is 1.80. The Morgan fingerprint density at radius 1 is 1.07 bits per heavy atom. The number of carbonyl (C=O) groups is 1. The van der Waals surface area contributed by atoms with Gasteiger partial charge < -0.3 is 9.64 Å². The molecule has 156 valence electrons. The normalized spacial score (nSPS) is 18.4. The van der Waals surface area contributed by atoms with Crippen LogP contribution in [-0.2, 0) is 21.4 Å². The molecular formula is C22H28N2O4S. The fourth-order valence-corrected chi connectivity index (χ4v) is 5.18. The number of rotatable bonds is 7. The third-order valence-electron chi connectivity index (χ3n) is 5.41. The maximum Gasteiger partial charge on any atom is 0.264 e. The number of sulfonamides is 1. The van der Waals surface area contributed by atoms with Gasteiger partial charge in [0, 0.05) is 38.2 Å². The Labute approximate surface area is 173 Å². The SMILES string of the molecule is CCN(CC)S(=O)(=O)c1ccc2c(c1)C(C)C(C(=O)N(C)Cc1ccccc1)O2. The van der Waals surface area contributed by atoms with Crippen molar-refractivity contribution in [3.8, 4) is 5.75 Å². The van der Waals surface area contributed by atoms with Crippen LogP contribution in [0.25, 0.3) is 0 Å². The third-order valence-corrected chi connectivity index (χ3v) is 7.45. The van der Waals surface area contributed by atoms with Gasteiger partial charge in [0.2, 0.25) is 10.0 Å². The molecule has 2 aromatic rings. The highest BCUT2D eigenvalue weighted by Gasteiger charge is 2.39. The van der Waals surface area contributed by atoms with Gasteiger partial charge in [0.1, 0.15) is 5.75 Å². The number of ether oxygens (including phenoxy) is 1. The van der Waals surface area contributed by atoms with Crippen molar-refractivity contribution < 1.29 is 17.9 Å². The van der Waals surface area contributed by atoms with Crippen molar-refractivity contribution in [3.63, 3.8) is 0 Å². The molecular weight excluding hydrogens is 388 g/mol. The molecule has 0 bridgehead atoms. The highest BCUT2D eigenvalue weighted by atomic mass is 32.2. The Hall–Kier alpha value is -2.38. The van der Waals surface area contributed by atoms with Crippen molar-refractivity contribution in [1.29, 1.82) is 0 Å². The number of carbonyl (C=O) groups excluding carboxylic acids is 1. The minimum atomic E-state index is -3.56. The molecule has 6 nitrogen and oxygen atoms in total. The van der Waals surface area contributed by atoms with Crippen molar-refractivity contribution in [3.05, 3.63) is 59.7 Å². The molecule has 3 rings (SSSR count). The molecule has 1 heterocycles. The second-order valence-corrected chi connectivity index (χ2v) is 9.23. The van der Waals surface area contributed by atoms with E-state index in [4.69, 9.17) is 4.74 Å². The summed E-state index contributed by atoms with van der Waals surface area (Å²) in [7, 11) is -1.80. The molecule has 0 saturated heterocycles. The van der Waals surface area contributed by atoms with Crippen LogP contribution in [0, 0.1) is 0 Å². The van der Waals surface area contributed by atoms with Crippen LogP contribution in [0.4, 0.5) is 0 Å². The lowest BCUT2D eigenvalue weighted by Gasteiger charge is -2.23. The van der Waals surface area contributed by atoms with E-state index < -0.39 is 16.1 Å². The first-order chi connectivity index (χ1) is 13.8. The van der Waals surface area contributed by atoms with Gasteiger partial charge in [0.05, 0.1) is 4.90 Å². The van der Waals surface area contributed by atoms with Gasteiger partial charge in [-0.1, -0.05) is 51.1 Å². The molecule has 2 atom stereocenters. The molecule has 1 aliphatic rings. The summed E-state index contributed by atoms with van der Waals surface area (Å²) in [6, 6.07) is 14.6. The predicted octanol–water partition coefficient (Wildman–Crippen LogP) is 3.24. The average molecular weight is 417 g/mol. The summed E-state index contributed by atoms with van der Waals surface area (Å²) in [5.41, 5.74) is 1.80. The fraction of sp³-hybridized carbons (Fsp3) is 0.409. The van der Waals surface area contributed by atoms with Gasteiger partial charge >= 0.3 is 0 Å². The molecule has 0 radical (unpaired) electrons. The molecule has 29 heavy (non-hydrogen) atoms. The van der Waals surface area contributed by atoms with Crippen molar-refractivity contribution >= 4 is 15.9 Å². The Bertz CT molecular complexity index is 972. The van der Waals surface area contributed by atoms with E-state index in [2.05, 4.69) is 0 Å². The molecule has 0 fully saturated rings. The van der Waals surface area contributed by atoms with Gasteiger partial charge in [0.15, 0.2) is 6.10 Å². The van der Waals surface area contributed by atoms with Gasteiger partial charge in [0.25, 0.3) is 5.91 Å². The topological polar surface area (TPSA) is 66.9 Å². The smallest absolute Gasteiger partial charge is 0.264 e. The lowest BCUT2D eigenvalue weighted by Crippen LogP contribution is -2.39. The van der Waals surface area contributed by atoms with Crippen LogP contribution in [0.5, 0.6) is 5.75 Å². The fourth-order valence-electron chi connectivity index (χ4n) is 3.68. The van der Waals surface area contributed by atoms with Gasteiger partial charge in [-0.25, -0.2) is 8.42 Å². The van der Waals surface area contributed by atoms with Crippen LogP contribution in [0.3, 0.4) is 0 Å². The molecule has 2 unspecified atom stereocenters. The second-order valence-electron chi connectivity index (χ2n) is 7.30. The Morgan fingerprint density at radius 3 is 2.34 bits per heavy atom. The summed E-state index contributed by atoms with van der Waals surface area (Å²) >= 11 is 0. The van der Waals surface area contributed by atoms with Crippen LogP contribution in [0.1, 0.15) is 37.8 Å². The lowest BCUT2D eigenvalue weighted by molar-refractivity contribution is -0.137. The summed E-state index contributed by atoms with van der Waals surface area (Å²) < 4.78 is 33.0. The van der Waals surface area contributed by atoms with Gasteiger partial charge in [-0.3, -0.25) is 4.79 Å². The maximum atomic E-state index is 13.0. The van der Waals surface area contributed by atoms with Crippen molar-refractivity contribution in [2.45, 2.75) is 44.2 Å². The molecule has 1 aliphatic heterocycles. The van der Waals surface area contributed by atoms with E-state index in [-0.39, 0.29) is 16.7 Å². The molecule has 1 amide bonds. The van der Waals surface area contributed by atoms with Gasteiger partial charge in [-0.2, -0.15) is 4.31 Å². The number of amides is 1. The van der Waals surface area contributed by atoms with Crippen molar-refractivity contribution in [2.24, 2.45) is 0 Å². The minimum Gasteiger partial charge on any atom is -0.480 e. The average Bonchev–Trinajstić information content (AvgIpc) is 3.05. The number of benzene rings is 2. The Morgan fingerprint density at radius 2 is 1.72 bits per heavy atom. The van der Waals surface area contributed by atoms with Crippen LogP contribution in [0.2, 0.25) is 0 Å². The summed E-state index contributed by atoms with van der Waals surface area (Å²) in [4.78, 5) is 14.9. The van der Waals surface area contributed by atoms with Crippen molar-refractivity contribution in [2.75, 3.05) is 20.1 Å². The van der Waals surface area contributed by atoms with E-state index in [1.807, 2.05) is 51.1 Å². The first-order valence-electron chi connectivity index (χ1n) is 9.89. The molecule has 0 aromatic heterocycles. The largest absolute Gasteiger partial charge is 0.480 e. The maximum absolute atomic E-state index is 13.0. The highest BCUT2D eigenvalue weighted by molar-refractivity contribution is 7.89. The molecule has 0 aliphatic carbocycles. The van der Waals surface area contributed by atoms with Gasteiger partial charge in [-0.05, 0) is 23.8 Å². The zero-order valence-corrected chi connectivity index (χ0v) is 18.1. The summed E-state index contributed by atoms with van der Waals surface area (Å²) in [5.74, 6) is 0.218. The third kappa shape index (κ3) is 4.16. The highest BCUT2D eigenvalue weighted by Crippen LogP contribution is 2.40. The van der Waals surface area contributed by atoms with Gasteiger partial charge in [-0.15, -0.1) is 0 Å². The monoisotopic (exact) mass is 416 g/mol.